The van der Waals surface area contributed by atoms with Gasteiger partial charge in [0.05, 0.1) is 6.61 Å². The van der Waals surface area contributed by atoms with Crippen molar-refractivity contribution in [3.8, 4) is 11.1 Å². The van der Waals surface area contributed by atoms with Crippen molar-refractivity contribution in [1.82, 2.24) is 0 Å². The molecule has 0 bridgehead atoms. The number of rotatable bonds is 2. The molecule has 82 valence electrons. The van der Waals surface area contributed by atoms with E-state index in [-0.39, 0.29) is 12.2 Å². The van der Waals surface area contributed by atoms with E-state index < -0.39 is 5.82 Å². The first kappa shape index (κ1) is 11.1. The van der Waals surface area contributed by atoms with E-state index >= 15 is 0 Å². The summed E-state index contributed by atoms with van der Waals surface area (Å²) < 4.78 is 13.2. The van der Waals surface area contributed by atoms with Crippen LogP contribution in [0.1, 0.15) is 5.56 Å². The molecule has 0 saturated carbocycles. The van der Waals surface area contributed by atoms with Gasteiger partial charge in [-0.05, 0) is 23.8 Å². The summed E-state index contributed by atoms with van der Waals surface area (Å²) in [6.07, 6.45) is 0. The number of hydrogen-bond donors (Lipinski definition) is 1. The van der Waals surface area contributed by atoms with Crippen LogP contribution >= 0.6 is 11.6 Å². The van der Waals surface area contributed by atoms with Gasteiger partial charge in [-0.15, -0.1) is 0 Å². The number of halogens is 2. The molecule has 0 atom stereocenters. The molecule has 1 N–H and O–H groups in total. The minimum absolute atomic E-state index is 0.275. The minimum atomic E-state index is -0.404. The summed E-state index contributed by atoms with van der Waals surface area (Å²) in [6.45, 7) is -0.315. The maximum atomic E-state index is 13.2. The van der Waals surface area contributed by atoms with Gasteiger partial charge >= 0.3 is 0 Å². The zero-order valence-corrected chi connectivity index (χ0v) is 9.21. The molecule has 0 aliphatic rings. The fourth-order valence-electron chi connectivity index (χ4n) is 1.56. The summed E-state index contributed by atoms with van der Waals surface area (Å²) in [4.78, 5) is 0. The molecule has 3 heteroatoms. The standard InChI is InChI=1S/C13H10ClFO/c14-12-4-2-1-3-11(12)9-5-6-13(15)10(7-9)8-16/h1-7,16H,8H2. The smallest absolute Gasteiger partial charge is 0.128 e. The van der Waals surface area contributed by atoms with Gasteiger partial charge in [0.1, 0.15) is 5.82 Å². The van der Waals surface area contributed by atoms with Gasteiger partial charge in [-0.25, -0.2) is 4.39 Å². The fourth-order valence-corrected chi connectivity index (χ4v) is 1.80. The van der Waals surface area contributed by atoms with Gasteiger partial charge in [0.2, 0.25) is 0 Å². The van der Waals surface area contributed by atoms with Crippen LogP contribution in [-0.2, 0) is 6.61 Å². The van der Waals surface area contributed by atoms with Crippen molar-refractivity contribution in [3.63, 3.8) is 0 Å². The first-order valence-electron chi connectivity index (χ1n) is 4.86. The Morgan fingerprint density at radius 2 is 1.88 bits per heavy atom. The summed E-state index contributed by atoms with van der Waals surface area (Å²) in [5.41, 5.74) is 1.91. The van der Waals surface area contributed by atoms with Crippen molar-refractivity contribution in [2.45, 2.75) is 6.61 Å². The molecule has 0 aliphatic heterocycles. The number of benzene rings is 2. The number of hydrogen-bond acceptors (Lipinski definition) is 1. The van der Waals surface area contributed by atoms with Gasteiger partial charge in [0.15, 0.2) is 0 Å². The van der Waals surface area contributed by atoms with Crippen molar-refractivity contribution in [1.29, 1.82) is 0 Å². The second-order valence-electron chi connectivity index (χ2n) is 3.44. The molecule has 0 unspecified atom stereocenters. The molecule has 0 amide bonds. The summed E-state index contributed by atoms with van der Waals surface area (Å²) in [7, 11) is 0. The third-order valence-corrected chi connectivity index (χ3v) is 2.73. The SMILES string of the molecule is OCc1cc(-c2ccccc2Cl)ccc1F. The van der Waals surface area contributed by atoms with Crippen LogP contribution in [0.4, 0.5) is 4.39 Å². The van der Waals surface area contributed by atoms with Gasteiger partial charge in [0.25, 0.3) is 0 Å². The Bertz CT molecular complexity index is 511. The van der Waals surface area contributed by atoms with Gasteiger partial charge in [-0.2, -0.15) is 0 Å². The van der Waals surface area contributed by atoms with Gasteiger partial charge < -0.3 is 5.11 Å². The molecule has 2 aromatic carbocycles. The Balaban J connectivity index is 2.53. The molecule has 0 heterocycles. The van der Waals surface area contributed by atoms with E-state index in [1.807, 2.05) is 18.2 Å². The first-order valence-corrected chi connectivity index (χ1v) is 5.24. The monoisotopic (exact) mass is 236 g/mol. The average molecular weight is 237 g/mol. The highest BCUT2D eigenvalue weighted by atomic mass is 35.5. The Labute approximate surface area is 98.1 Å². The third kappa shape index (κ3) is 2.08. The van der Waals surface area contributed by atoms with Crippen LogP contribution in [-0.4, -0.2) is 5.11 Å². The van der Waals surface area contributed by atoms with E-state index in [9.17, 15) is 4.39 Å². The predicted molar refractivity (Wildman–Crippen MR) is 62.8 cm³/mol. The average Bonchev–Trinajstić information content (AvgIpc) is 2.31. The quantitative estimate of drug-likeness (QED) is 0.844. The van der Waals surface area contributed by atoms with Crippen LogP contribution in [0.5, 0.6) is 0 Å². The highest BCUT2D eigenvalue weighted by molar-refractivity contribution is 6.33. The molecule has 2 aromatic rings. The van der Waals surface area contributed by atoms with Gasteiger partial charge in [-0.3, -0.25) is 0 Å². The number of aliphatic hydroxyl groups is 1. The molecule has 0 fully saturated rings. The van der Waals surface area contributed by atoms with Crippen LogP contribution in [0.25, 0.3) is 11.1 Å². The van der Waals surface area contributed by atoms with Gasteiger partial charge in [0, 0.05) is 16.1 Å². The second kappa shape index (κ2) is 4.64. The Morgan fingerprint density at radius 1 is 1.12 bits per heavy atom. The van der Waals surface area contributed by atoms with Crippen molar-refractivity contribution in [2.75, 3.05) is 0 Å². The molecule has 2 rings (SSSR count). The van der Waals surface area contributed by atoms with Gasteiger partial charge in [-0.1, -0.05) is 35.9 Å². The van der Waals surface area contributed by atoms with E-state index in [1.54, 1.807) is 18.2 Å². The van der Waals surface area contributed by atoms with Crippen molar-refractivity contribution >= 4 is 11.6 Å². The molecule has 0 saturated heterocycles. The predicted octanol–water partition coefficient (Wildman–Crippen LogP) is 3.64. The van der Waals surface area contributed by atoms with E-state index in [2.05, 4.69) is 0 Å². The van der Waals surface area contributed by atoms with Crippen LogP contribution in [0.2, 0.25) is 5.02 Å². The van der Waals surface area contributed by atoms with E-state index in [0.29, 0.717) is 5.02 Å². The zero-order chi connectivity index (χ0) is 11.5. The largest absolute Gasteiger partial charge is 0.392 e. The molecule has 0 aliphatic carbocycles. The first-order chi connectivity index (χ1) is 7.72. The lowest BCUT2D eigenvalue weighted by atomic mass is 10.0. The normalized spacial score (nSPS) is 10.4. The lowest BCUT2D eigenvalue weighted by Crippen LogP contribution is -1.90. The second-order valence-corrected chi connectivity index (χ2v) is 3.85. The number of aliphatic hydroxyl groups excluding tert-OH is 1. The van der Waals surface area contributed by atoms with Crippen LogP contribution in [0.3, 0.4) is 0 Å². The summed E-state index contributed by atoms with van der Waals surface area (Å²) in [6, 6.07) is 11.9. The highest BCUT2D eigenvalue weighted by Gasteiger charge is 2.06. The summed E-state index contributed by atoms with van der Waals surface area (Å²) >= 11 is 6.04. The molecular weight excluding hydrogens is 227 g/mol. The lowest BCUT2D eigenvalue weighted by molar-refractivity contribution is 0.276. The van der Waals surface area contributed by atoms with Crippen LogP contribution in [0.15, 0.2) is 42.5 Å². The van der Waals surface area contributed by atoms with E-state index in [0.717, 1.165) is 11.1 Å². The van der Waals surface area contributed by atoms with Crippen molar-refractivity contribution in [3.05, 3.63) is 58.9 Å². The Kier molecular flexibility index (Phi) is 3.22. The Morgan fingerprint density at radius 3 is 2.56 bits per heavy atom. The minimum Gasteiger partial charge on any atom is -0.392 e. The molecule has 1 nitrogen and oxygen atoms in total. The topological polar surface area (TPSA) is 20.2 Å². The van der Waals surface area contributed by atoms with Crippen LogP contribution < -0.4 is 0 Å². The molecule has 0 spiro atoms. The summed E-state index contributed by atoms with van der Waals surface area (Å²) in [5.74, 6) is -0.404. The van der Waals surface area contributed by atoms with E-state index in [1.165, 1.54) is 6.07 Å². The highest BCUT2D eigenvalue weighted by Crippen LogP contribution is 2.28. The van der Waals surface area contributed by atoms with E-state index in [4.69, 9.17) is 16.7 Å². The maximum Gasteiger partial charge on any atom is 0.128 e. The van der Waals surface area contributed by atoms with Crippen molar-refractivity contribution < 1.29 is 9.50 Å². The Hall–Kier alpha value is -1.38. The fraction of sp³-hybridized carbons (Fsp3) is 0.0769. The van der Waals surface area contributed by atoms with Crippen LogP contribution in [0, 0.1) is 5.82 Å². The molecule has 16 heavy (non-hydrogen) atoms. The molecular formula is C13H10ClFO. The zero-order valence-electron chi connectivity index (χ0n) is 8.45. The third-order valence-electron chi connectivity index (χ3n) is 2.40. The molecule has 0 radical (unpaired) electrons. The summed E-state index contributed by atoms with van der Waals surface area (Å²) in [5, 5.41) is 9.60. The molecule has 0 aromatic heterocycles. The van der Waals surface area contributed by atoms with Crippen molar-refractivity contribution in [2.24, 2.45) is 0 Å². The lowest BCUT2D eigenvalue weighted by Gasteiger charge is -2.06. The maximum absolute atomic E-state index is 13.2.